The van der Waals surface area contributed by atoms with Gasteiger partial charge in [-0.25, -0.2) is 4.79 Å². The number of aromatic hydroxyl groups is 1. The fourth-order valence-corrected chi connectivity index (χ4v) is 3.36. The van der Waals surface area contributed by atoms with Crippen LogP contribution in [-0.2, 0) is 9.59 Å². The van der Waals surface area contributed by atoms with Crippen molar-refractivity contribution in [3.63, 3.8) is 0 Å². The molecule has 0 aliphatic carbocycles. The molecule has 3 N–H and O–H groups in total. The molecule has 8 heteroatoms. The molecule has 0 fully saturated rings. The molecule has 0 saturated heterocycles. The zero-order valence-electron chi connectivity index (χ0n) is 17.2. The highest BCUT2D eigenvalue weighted by atomic mass is 16.5. The first-order valence-corrected chi connectivity index (χ1v) is 9.98. The number of ether oxygens (including phenoxy) is 1. The van der Waals surface area contributed by atoms with E-state index in [0.717, 1.165) is 0 Å². The van der Waals surface area contributed by atoms with Gasteiger partial charge in [-0.1, -0.05) is 60.7 Å². The van der Waals surface area contributed by atoms with E-state index in [-0.39, 0.29) is 22.5 Å². The Morgan fingerprint density at radius 3 is 2.30 bits per heavy atom. The molecule has 0 radical (unpaired) electrons. The summed E-state index contributed by atoms with van der Waals surface area (Å²) < 4.78 is 11.2. The molecule has 1 aromatic heterocycles. The third kappa shape index (κ3) is 4.85. The van der Waals surface area contributed by atoms with Crippen molar-refractivity contribution in [2.75, 3.05) is 6.61 Å². The predicted octanol–water partition coefficient (Wildman–Crippen LogP) is 3.49. The normalized spacial score (nSPS) is 11.6. The molecule has 4 rings (SSSR count). The number of hydrogen-bond acceptors (Lipinski definition) is 6. The SMILES string of the molecule is O=C(COc1cc(O)c2c(=O)cc(-c3ccccc3)oc2c1)N[C@@H](C(=O)O)c1ccccc1. The Hall–Kier alpha value is -4.59. The van der Waals surface area contributed by atoms with Crippen LogP contribution in [0.25, 0.3) is 22.3 Å². The van der Waals surface area contributed by atoms with E-state index in [2.05, 4.69) is 5.32 Å². The summed E-state index contributed by atoms with van der Waals surface area (Å²) in [4.78, 5) is 36.4. The average molecular weight is 445 g/mol. The van der Waals surface area contributed by atoms with Crippen molar-refractivity contribution >= 4 is 22.8 Å². The minimum Gasteiger partial charge on any atom is -0.507 e. The smallest absolute Gasteiger partial charge is 0.330 e. The molecule has 1 amide bonds. The van der Waals surface area contributed by atoms with Crippen molar-refractivity contribution in [1.82, 2.24) is 5.32 Å². The van der Waals surface area contributed by atoms with Crippen molar-refractivity contribution < 1.29 is 29.0 Å². The summed E-state index contributed by atoms with van der Waals surface area (Å²) in [6.07, 6.45) is 0. The fraction of sp³-hybridized carbons (Fsp3) is 0.0800. The number of hydrogen-bond donors (Lipinski definition) is 3. The molecule has 3 aromatic carbocycles. The van der Waals surface area contributed by atoms with Crippen LogP contribution in [0.2, 0.25) is 0 Å². The quantitative estimate of drug-likeness (QED) is 0.397. The van der Waals surface area contributed by atoms with Crippen LogP contribution in [0.15, 0.2) is 88.1 Å². The third-order valence-electron chi connectivity index (χ3n) is 4.90. The van der Waals surface area contributed by atoms with Crippen LogP contribution in [0.4, 0.5) is 0 Å². The van der Waals surface area contributed by atoms with E-state index in [0.29, 0.717) is 16.9 Å². The molecule has 33 heavy (non-hydrogen) atoms. The molecule has 1 heterocycles. The minimum atomic E-state index is -1.24. The van der Waals surface area contributed by atoms with E-state index >= 15 is 0 Å². The molecule has 0 saturated carbocycles. The van der Waals surface area contributed by atoms with Gasteiger partial charge in [-0.3, -0.25) is 9.59 Å². The third-order valence-corrected chi connectivity index (χ3v) is 4.90. The molecule has 0 spiro atoms. The lowest BCUT2D eigenvalue weighted by Crippen LogP contribution is -2.36. The van der Waals surface area contributed by atoms with E-state index in [9.17, 15) is 24.6 Å². The van der Waals surface area contributed by atoms with Crippen molar-refractivity contribution in [2.45, 2.75) is 6.04 Å². The van der Waals surface area contributed by atoms with E-state index in [1.807, 2.05) is 6.07 Å². The number of benzene rings is 3. The van der Waals surface area contributed by atoms with Gasteiger partial charge in [-0.05, 0) is 5.56 Å². The topological polar surface area (TPSA) is 126 Å². The van der Waals surface area contributed by atoms with E-state index < -0.39 is 30.0 Å². The Kier molecular flexibility index (Phi) is 6.08. The van der Waals surface area contributed by atoms with Crippen LogP contribution in [0, 0.1) is 0 Å². The maximum Gasteiger partial charge on any atom is 0.330 e. The van der Waals surface area contributed by atoms with Crippen LogP contribution >= 0.6 is 0 Å². The number of carbonyl (C=O) groups excluding carboxylic acids is 1. The Morgan fingerprint density at radius 2 is 1.64 bits per heavy atom. The number of carboxylic acid groups (broad SMARTS) is 1. The number of aliphatic carboxylic acids is 1. The summed E-state index contributed by atoms with van der Waals surface area (Å²) in [5, 5.41) is 22.1. The maximum absolute atomic E-state index is 12.5. The minimum absolute atomic E-state index is 0.0125. The lowest BCUT2D eigenvalue weighted by Gasteiger charge is -2.15. The summed E-state index contributed by atoms with van der Waals surface area (Å²) in [5.41, 5.74) is 0.757. The van der Waals surface area contributed by atoms with Gasteiger partial charge < -0.3 is 24.7 Å². The standard InChI is InChI=1S/C25H19NO7/c27-18-11-17(32-14-22(29)26-24(25(30)31)16-9-5-2-6-10-16)12-21-23(18)19(28)13-20(33-21)15-7-3-1-4-8-15/h1-13,24,27H,14H2,(H,26,29)(H,30,31)/t24-/m1/s1. The highest BCUT2D eigenvalue weighted by Crippen LogP contribution is 2.31. The number of amides is 1. The summed E-state index contributed by atoms with van der Waals surface area (Å²) in [7, 11) is 0. The highest BCUT2D eigenvalue weighted by Gasteiger charge is 2.22. The molecule has 1 atom stereocenters. The van der Waals surface area contributed by atoms with Gasteiger partial charge in [-0.15, -0.1) is 0 Å². The van der Waals surface area contributed by atoms with Crippen molar-refractivity contribution in [1.29, 1.82) is 0 Å². The first kappa shape index (κ1) is 21.6. The zero-order valence-corrected chi connectivity index (χ0v) is 17.2. The Labute approximate surface area is 187 Å². The first-order chi connectivity index (χ1) is 15.9. The fourth-order valence-electron chi connectivity index (χ4n) is 3.36. The van der Waals surface area contributed by atoms with Crippen molar-refractivity contribution in [3.05, 3.63) is 94.6 Å². The molecule has 0 aliphatic rings. The van der Waals surface area contributed by atoms with Crippen LogP contribution in [0.3, 0.4) is 0 Å². The van der Waals surface area contributed by atoms with Crippen LogP contribution in [0.1, 0.15) is 11.6 Å². The highest BCUT2D eigenvalue weighted by molar-refractivity contribution is 5.87. The Morgan fingerprint density at radius 1 is 0.970 bits per heavy atom. The molecule has 8 nitrogen and oxygen atoms in total. The second kappa shape index (κ2) is 9.27. The molecule has 0 bridgehead atoms. The van der Waals surface area contributed by atoms with Gasteiger partial charge in [0.15, 0.2) is 18.1 Å². The van der Waals surface area contributed by atoms with Gasteiger partial charge in [0.1, 0.15) is 28.2 Å². The number of phenols is 1. The number of carboxylic acids is 1. The number of nitrogens with one attached hydrogen (secondary N) is 1. The Bertz CT molecular complexity index is 1360. The molecular formula is C25H19NO7. The first-order valence-electron chi connectivity index (χ1n) is 9.98. The predicted molar refractivity (Wildman–Crippen MR) is 120 cm³/mol. The van der Waals surface area contributed by atoms with Crippen LogP contribution < -0.4 is 15.5 Å². The number of fused-ring (bicyclic) bond motifs is 1. The lowest BCUT2D eigenvalue weighted by molar-refractivity contribution is -0.142. The maximum atomic E-state index is 12.5. The van der Waals surface area contributed by atoms with Gasteiger partial charge in [0, 0.05) is 23.8 Å². The Balaban J connectivity index is 1.54. The molecule has 0 unspecified atom stereocenters. The second-order valence-electron chi connectivity index (χ2n) is 7.19. The zero-order chi connectivity index (χ0) is 23.4. The number of rotatable bonds is 7. The van der Waals surface area contributed by atoms with Gasteiger partial charge in [-0.2, -0.15) is 0 Å². The van der Waals surface area contributed by atoms with Crippen LogP contribution in [-0.4, -0.2) is 28.7 Å². The van der Waals surface area contributed by atoms with Crippen LogP contribution in [0.5, 0.6) is 11.5 Å². The molecular weight excluding hydrogens is 426 g/mol. The summed E-state index contributed by atoms with van der Waals surface area (Å²) in [6.45, 7) is -0.510. The van der Waals surface area contributed by atoms with Gasteiger partial charge >= 0.3 is 5.97 Å². The number of carbonyl (C=O) groups is 2. The average Bonchev–Trinajstić information content (AvgIpc) is 2.81. The monoisotopic (exact) mass is 445 g/mol. The largest absolute Gasteiger partial charge is 0.507 e. The van der Waals surface area contributed by atoms with Gasteiger partial charge in [0.25, 0.3) is 5.91 Å². The van der Waals surface area contributed by atoms with Crippen molar-refractivity contribution in [2.24, 2.45) is 0 Å². The van der Waals surface area contributed by atoms with E-state index in [1.54, 1.807) is 54.6 Å². The summed E-state index contributed by atoms with van der Waals surface area (Å²) >= 11 is 0. The lowest BCUT2D eigenvalue weighted by atomic mass is 10.1. The van der Waals surface area contributed by atoms with Gasteiger partial charge in [0.2, 0.25) is 0 Å². The summed E-state index contributed by atoms with van der Waals surface area (Å²) in [5.74, 6) is -1.85. The molecule has 0 aliphatic heterocycles. The molecule has 4 aromatic rings. The van der Waals surface area contributed by atoms with Gasteiger partial charge in [0.05, 0.1) is 0 Å². The molecule has 166 valence electrons. The summed E-state index contributed by atoms with van der Waals surface area (Å²) in [6, 6.07) is 19.9. The van der Waals surface area contributed by atoms with E-state index in [1.165, 1.54) is 18.2 Å². The van der Waals surface area contributed by atoms with Crippen molar-refractivity contribution in [3.8, 4) is 22.8 Å². The second-order valence-corrected chi connectivity index (χ2v) is 7.19. The van der Waals surface area contributed by atoms with E-state index in [4.69, 9.17) is 9.15 Å². The number of phenolic OH excluding ortho intramolecular Hbond substituents is 1.